The van der Waals surface area contributed by atoms with Gasteiger partial charge in [-0.15, -0.1) is 0 Å². The molecule has 0 unspecified atom stereocenters. The number of aromatic amines is 1. The van der Waals surface area contributed by atoms with Crippen molar-refractivity contribution < 1.29 is 14.3 Å². The molecule has 2 amide bonds. The fraction of sp³-hybridized carbons (Fsp3) is 0.273. The second-order valence-corrected chi connectivity index (χ2v) is 6.98. The number of carbonyl (C=O) groups excluding carboxylic acids is 2. The van der Waals surface area contributed by atoms with E-state index in [1.54, 1.807) is 41.3 Å². The second kappa shape index (κ2) is 8.36. The van der Waals surface area contributed by atoms with Gasteiger partial charge in [-0.05, 0) is 31.2 Å². The molecule has 8 nitrogen and oxygen atoms in total. The van der Waals surface area contributed by atoms with Gasteiger partial charge in [-0.25, -0.2) is 4.98 Å². The number of likely N-dealkylation sites (N-methyl/N-ethyl adjacent to an activating group) is 1. The van der Waals surface area contributed by atoms with Gasteiger partial charge in [-0.3, -0.25) is 19.3 Å². The van der Waals surface area contributed by atoms with Gasteiger partial charge in [0.15, 0.2) is 0 Å². The van der Waals surface area contributed by atoms with E-state index in [1.807, 2.05) is 19.1 Å². The van der Waals surface area contributed by atoms with Crippen molar-refractivity contribution in [1.29, 1.82) is 0 Å². The van der Waals surface area contributed by atoms with Gasteiger partial charge in [0.2, 0.25) is 11.8 Å². The van der Waals surface area contributed by atoms with E-state index in [2.05, 4.69) is 9.97 Å². The van der Waals surface area contributed by atoms with Gasteiger partial charge in [0.1, 0.15) is 18.1 Å². The van der Waals surface area contributed by atoms with Gasteiger partial charge in [-0.1, -0.05) is 24.3 Å². The van der Waals surface area contributed by atoms with Crippen molar-refractivity contribution in [3.63, 3.8) is 0 Å². The number of ether oxygens (including phenoxy) is 1. The predicted octanol–water partition coefficient (Wildman–Crippen LogP) is 2.09. The standard InChI is InChI=1S/C22H22N4O4/c1-2-25(13-19-23-16-8-4-3-7-15(16)22(29)24-19)21(28)14-26-17-9-5-6-10-18(17)30-12-11-20(26)27/h3-10H,2,11-14H2,1H3,(H,23,24,29). The average Bonchev–Trinajstić information content (AvgIpc) is 2.91. The Balaban J connectivity index is 1.56. The van der Waals surface area contributed by atoms with E-state index in [0.717, 1.165) is 0 Å². The molecular formula is C22H22N4O4. The second-order valence-electron chi connectivity index (χ2n) is 6.98. The van der Waals surface area contributed by atoms with E-state index < -0.39 is 0 Å². The van der Waals surface area contributed by atoms with Crippen molar-refractivity contribution in [2.75, 3.05) is 24.6 Å². The highest BCUT2D eigenvalue weighted by molar-refractivity contribution is 6.00. The van der Waals surface area contributed by atoms with Crippen LogP contribution in [0.2, 0.25) is 0 Å². The molecule has 0 aliphatic carbocycles. The molecule has 4 rings (SSSR count). The van der Waals surface area contributed by atoms with E-state index in [-0.39, 0.29) is 43.5 Å². The number of aromatic nitrogens is 2. The first-order chi connectivity index (χ1) is 14.6. The molecule has 0 atom stereocenters. The number of nitrogens with zero attached hydrogens (tertiary/aromatic N) is 3. The summed E-state index contributed by atoms with van der Waals surface area (Å²) < 4.78 is 5.63. The minimum Gasteiger partial charge on any atom is -0.491 e. The van der Waals surface area contributed by atoms with Gasteiger partial charge in [0.05, 0.1) is 36.2 Å². The van der Waals surface area contributed by atoms with E-state index in [9.17, 15) is 14.4 Å². The monoisotopic (exact) mass is 406 g/mol. The lowest BCUT2D eigenvalue weighted by Crippen LogP contribution is -2.43. The number of amides is 2. The average molecular weight is 406 g/mol. The Bertz CT molecular complexity index is 1160. The molecule has 1 N–H and O–H groups in total. The zero-order valence-corrected chi connectivity index (χ0v) is 16.6. The summed E-state index contributed by atoms with van der Waals surface area (Å²) in [6, 6.07) is 14.2. The van der Waals surface area contributed by atoms with Gasteiger partial charge in [-0.2, -0.15) is 0 Å². The molecule has 3 aromatic rings. The maximum Gasteiger partial charge on any atom is 0.258 e. The lowest BCUT2D eigenvalue weighted by atomic mass is 10.2. The number of para-hydroxylation sites is 3. The number of carbonyl (C=O) groups is 2. The van der Waals surface area contributed by atoms with Crippen molar-refractivity contribution in [3.8, 4) is 5.75 Å². The number of rotatable bonds is 5. The minimum atomic E-state index is -0.243. The Hall–Kier alpha value is -3.68. The van der Waals surface area contributed by atoms with Crippen LogP contribution in [0.15, 0.2) is 53.3 Å². The van der Waals surface area contributed by atoms with E-state index in [4.69, 9.17) is 4.74 Å². The number of benzene rings is 2. The molecular weight excluding hydrogens is 384 g/mol. The van der Waals surface area contributed by atoms with Gasteiger partial charge in [0.25, 0.3) is 5.56 Å². The van der Waals surface area contributed by atoms with E-state index in [0.29, 0.717) is 34.7 Å². The van der Waals surface area contributed by atoms with Crippen LogP contribution < -0.4 is 15.2 Å². The van der Waals surface area contributed by atoms with Gasteiger partial charge >= 0.3 is 0 Å². The highest BCUT2D eigenvalue weighted by Gasteiger charge is 2.27. The molecule has 0 saturated heterocycles. The summed E-state index contributed by atoms with van der Waals surface area (Å²) in [5.74, 6) is 0.583. The topological polar surface area (TPSA) is 95.6 Å². The molecule has 0 radical (unpaired) electrons. The zero-order chi connectivity index (χ0) is 21.1. The van der Waals surface area contributed by atoms with Crippen LogP contribution in [0.25, 0.3) is 10.9 Å². The summed E-state index contributed by atoms with van der Waals surface area (Å²) in [6.45, 7) is 2.58. The Morgan fingerprint density at radius 1 is 1.17 bits per heavy atom. The van der Waals surface area contributed by atoms with Crippen LogP contribution in [0, 0.1) is 0 Å². The smallest absolute Gasteiger partial charge is 0.258 e. The number of hydrogen-bond acceptors (Lipinski definition) is 5. The first-order valence-corrected chi connectivity index (χ1v) is 9.84. The summed E-state index contributed by atoms with van der Waals surface area (Å²) >= 11 is 0. The summed E-state index contributed by atoms with van der Waals surface area (Å²) in [5, 5.41) is 0.502. The Morgan fingerprint density at radius 3 is 2.77 bits per heavy atom. The third kappa shape index (κ3) is 3.89. The Morgan fingerprint density at radius 2 is 1.93 bits per heavy atom. The summed E-state index contributed by atoms with van der Waals surface area (Å²) in [7, 11) is 0. The molecule has 1 aliphatic heterocycles. The van der Waals surface area contributed by atoms with Crippen LogP contribution >= 0.6 is 0 Å². The molecule has 2 heterocycles. The highest BCUT2D eigenvalue weighted by atomic mass is 16.5. The molecule has 30 heavy (non-hydrogen) atoms. The van der Waals surface area contributed by atoms with Crippen LogP contribution in [0.3, 0.4) is 0 Å². The quantitative estimate of drug-likeness (QED) is 0.700. The van der Waals surface area contributed by atoms with Crippen LogP contribution in [-0.2, 0) is 16.1 Å². The van der Waals surface area contributed by atoms with Crippen LogP contribution in [0.5, 0.6) is 5.75 Å². The largest absolute Gasteiger partial charge is 0.491 e. The van der Waals surface area contributed by atoms with E-state index in [1.165, 1.54) is 4.90 Å². The molecule has 1 aromatic heterocycles. The van der Waals surface area contributed by atoms with Crippen molar-refractivity contribution in [2.24, 2.45) is 0 Å². The minimum absolute atomic E-state index is 0.106. The molecule has 0 saturated carbocycles. The van der Waals surface area contributed by atoms with Crippen LogP contribution in [0.4, 0.5) is 5.69 Å². The Kier molecular flexibility index (Phi) is 5.47. The molecule has 2 aromatic carbocycles. The first kappa shape index (κ1) is 19.6. The van der Waals surface area contributed by atoms with Gasteiger partial charge < -0.3 is 14.6 Å². The van der Waals surface area contributed by atoms with Crippen LogP contribution in [0.1, 0.15) is 19.2 Å². The maximum absolute atomic E-state index is 13.0. The molecule has 0 spiro atoms. The van der Waals surface area contributed by atoms with E-state index >= 15 is 0 Å². The summed E-state index contributed by atoms with van der Waals surface area (Å²) in [6.07, 6.45) is 0.202. The lowest BCUT2D eigenvalue weighted by molar-refractivity contribution is -0.131. The summed E-state index contributed by atoms with van der Waals surface area (Å²) in [4.78, 5) is 48.2. The fourth-order valence-corrected chi connectivity index (χ4v) is 3.50. The van der Waals surface area contributed by atoms with Crippen molar-refractivity contribution in [2.45, 2.75) is 19.9 Å². The molecule has 1 aliphatic rings. The molecule has 0 bridgehead atoms. The highest BCUT2D eigenvalue weighted by Crippen LogP contribution is 2.30. The van der Waals surface area contributed by atoms with Crippen molar-refractivity contribution >= 4 is 28.4 Å². The fourth-order valence-electron chi connectivity index (χ4n) is 3.50. The number of nitrogens with one attached hydrogen (secondary N) is 1. The summed E-state index contributed by atoms with van der Waals surface area (Å²) in [5.41, 5.74) is 0.919. The SMILES string of the molecule is CCN(Cc1nc2ccccc2c(=O)[nH]1)C(=O)CN1C(=O)CCOc2ccccc21. The van der Waals surface area contributed by atoms with Crippen molar-refractivity contribution in [3.05, 3.63) is 64.7 Å². The van der Waals surface area contributed by atoms with Gasteiger partial charge in [0, 0.05) is 6.54 Å². The predicted molar refractivity (Wildman–Crippen MR) is 112 cm³/mol. The number of anilines is 1. The maximum atomic E-state index is 13.0. The normalized spacial score (nSPS) is 13.5. The third-order valence-corrected chi connectivity index (χ3v) is 5.06. The zero-order valence-electron chi connectivity index (χ0n) is 16.6. The molecule has 154 valence electrons. The molecule has 8 heteroatoms. The molecule has 0 fully saturated rings. The van der Waals surface area contributed by atoms with Crippen molar-refractivity contribution in [1.82, 2.24) is 14.9 Å². The lowest BCUT2D eigenvalue weighted by Gasteiger charge is -2.26. The third-order valence-electron chi connectivity index (χ3n) is 5.06. The van der Waals surface area contributed by atoms with Crippen LogP contribution in [-0.4, -0.2) is 46.4 Å². The number of hydrogen-bond donors (Lipinski definition) is 1. The number of fused-ring (bicyclic) bond motifs is 2. The first-order valence-electron chi connectivity index (χ1n) is 9.84. The number of H-pyrrole nitrogens is 1. The Labute approximate surface area is 173 Å².